The van der Waals surface area contributed by atoms with E-state index in [1.165, 1.54) is 81.2 Å². The second-order valence-corrected chi connectivity index (χ2v) is 11.7. The van der Waals surface area contributed by atoms with E-state index < -0.39 is 0 Å². The quantitative estimate of drug-likeness (QED) is 0.121. The van der Waals surface area contributed by atoms with Gasteiger partial charge >= 0.3 is 0 Å². The maximum atomic E-state index is 12.4. The molecule has 8 heteroatoms. The van der Waals surface area contributed by atoms with Crippen molar-refractivity contribution in [2.45, 2.75) is 97.4 Å². The smallest absolute Gasteiger partial charge is 0.262 e. The second-order valence-electron chi connectivity index (χ2n) is 10.6. The number of aryl methyl sites for hydroxylation is 1. The van der Waals surface area contributed by atoms with Crippen LogP contribution in [0.3, 0.4) is 0 Å². The second kappa shape index (κ2) is 21.2. The number of carbonyl (C=O) groups is 1. The number of anilines is 1. The van der Waals surface area contributed by atoms with E-state index in [-0.39, 0.29) is 29.5 Å². The lowest BCUT2D eigenvalue weighted by atomic mass is 10.1. The number of hydrogen-bond donors (Lipinski definition) is 1. The standard InChI is InChI=1S/C34H48N2O4S.BrH/c1-4-5-6-7-8-9-10-11-12-13-14-15-23-39-32-21-20-31(25-33(32)38-3)40-27-34(37)35-30-18-16-29(17-19-30)26-36-22-24-41-28(36)2;/h16-22,24-25H,4-15,23,26-27H2,1-3H3;1H. The average Bonchev–Trinajstić information content (AvgIpc) is 3.39. The Bertz CT molecular complexity index is 1150. The fraction of sp³-hybridized carbons (Fsp3) is 0.529. The molecule has 1 aromatic heterocycles. The molecule has 3 rings (SSSR count). The molecular weight excluding hydrogens is 612 g/mol. The summed E-state index contributed by atoms with van der Waals surface area (Å²) in [4.78, 5) is 12.4. The van der Waals surface area contributed by atoms with Gasteiger partial charge in [-0.2, -0.15) is 4.57 Å². The van der Waals surface area contributed by atoms with Crippen LogP contribution in [0.5, 0.6) is 17.2 Å². The Kier molecular flexibility index (Phi) is 17.9. The summed E-state index contributed by atoms with van der Waals surface area (Å²) in [7, 11) is 1.62. The maximum absolute atomic E-state index is 12.4. The summed E-state index contributed by atoms with van der Waals surface area (Å²) in [5.74, 6) is 1.65. The average molecular weight is 662 g/mol. The van der Waals surface area contributed by atoms with Crippen molar-refractivity contribution in [3.8, 4) is 17.2 Å². The number of carbonyl (C=O) groups excluding carboxylic acids is 1. The molecule has 3 aromatic rings. The van der Waals surface area contributed by atoms with Crippen molar-refractivity contribution in [2.24, 2.45) is 0 Å². The van der Waals surface area contributed by atoms with E-state index in [2.05, 4.69) is 35.3 Å². The number of amides is 1. The minimum absolute atomic E-state index is 0. The number of hydrogen-bond acceptors (Lipinski definition) is 5. The SMILES string of the molecule is CCCCCCCCCCCCCCOc1ccc(OCC(=O)Nc2ccc(C[n+]3ccsc3C)cc2)cc1OC.[Br-]. The summed E-state index contributed by atoms with van der Waals surface area (Å²) in [6, 6.07) is 13.3. The lowest BCUT2D eigenvalue weighted by molar-refractivity contribution is -0.689. The summed E-state index contributed by atoms with van der Waals surface area (Å²) in [6.45, 7) is 5.77. The molecule has 0 aliphatic rings. The molecule has 0 aliphatic heterocycles. The molecule has 232 valence electrons. The Morgan fingerprint density at radius 3 is 2.07 bits per heavy atom. The summed E-state index contributed by atoms with van der Waals surface area (Å²) in [6.07, 6.45) is 17.9. The molecule has 0 atom stereocenters. The third-order valence-corrected chi connectivity index (χ3v) is 8.07. The minimum Gasteiger partial charge on any atom is -1.00 e. The van der Waals surface area contributed by atoms with Crippen molar-refractivity contribution in [1.29, 1.82) is 0 Å². The highest BCUT2D eigenvalue weighted by Gasteiger charge is 2.11. The summed E-state index contributed by atoms with van der Waals surface area (Å²) < 4.78 is 19.4. The van der Waals surface area contributed by atoms with Gasteiger partial charge < -0.3 is 36.5 Å². The molecule has 0 unspecified atom stereocenters. The van der Waals surface area contributed by atoms with E-state index in [1.807, 2.05) is 36.4 Å². The maximum Gasteiger partial charge on any atom is 0.262 e. The van der Waals surface area contributed by atoms with Crippen molar-refractivity contribution in [3.63, 3.8) is 0 Å². The summed E-state index contributed by atoms with van der Waals surface area (Å²) in [5, 5.41) is 6.24. The number of rotatable bonds is 21. The summed E-state index contributed by atoms with van der Waals surface area (Å²) in [5.41, 5.74) is 1.92. The summed E-state index contributed by atoms with van der Waals surface area (Å²) >= 11 is 1.73. The fourth-order valence-electron chi connectivity index (χ4n) is 4.76. The monoisotopic (exact) mass is 660 g/mol. The molecule has 2 aromatic carbocycles. The zero-order valence-corrected chi connectivity index (χ0v) is 28.1. The van der Waals surface area contributed by atoms with Crippen LogP contribution in [0.1, 0.15) is 94.5 Å². The van der Waals surface area contributed by atoms with Crippen LogP contribution in [0.25, 0.3) is 0 Å². The van der Waals surface area contributed by atoms with Crippen molar-refractivity contribution in [3.05, 3.63) is 64.6 Å². The Balaban J connectivity index is 0.00000616. The van der Waals surface area contributed by atoms with Crippen molar-refractivity contribution >= 4 is 22.9 Å². The van der Waals surface area contributed by atoms with Crippen molar-refractivity contribution < 1.29 is 40.6 Å². The first kappa shape index (κ1) is 35.6. The molecule has 0 aliphatic carbocycles. The van der Waals surface area contributed by atoms with Gasteiger partial charge in [-0.15, -0.1) is 0 Å². The third-order valence-electron chi connectivity index (χ3n) is 7.23. The lowest BCUT2D eigenvalue weighted by Crippen LogP contribution is -3.00. The molecule has 0 radical (unpaired) electrons. The Morgan fingerprint density at radius 1 is 0.833 bits per heavy atom. The van der Waals surface area contributed by atoms with Crippen LogP contribution < -0.4 is 41.1 Å². The largest absolute Gasteiger partial charge is 1.00 e. The first-order valence-electron chi connectivity index (χ1n) is 15.3. The highest BCUT2D eigenvalue weighted by molar-refractivity contribution is 7.09. The first-order chi connectivity index (χ1) is 20.1. The Hall–Kier alpha value is -2.58. The molecule has 42 heavy (non-hydrogen) atoms. The molecule has 1 heterocycles. The van der Waals surface area contributed by atoms with Crippen LogP contribution in [0.2, 0.25) is 0 Å². The number of aromatic nitrogens is 1. The molecular formula is C34H49BrN2O4S. The number of unbranched alkanes of at least 4 members (excludes halogenated alkanes) is 11. The van der Waals surface area contributed by atoms with E-state index >= 15 is 0 Å². The van der Waals surface area contributed by atoms with Crippen molar-refractivity contribution in [2.75, 3.05) is 25.6 Å². The number of thiazole rings is 1. The highest BCUT2D eigenvalue weighted by atomic mass is 79.9. The molecule has 0 fully saturated rings. The van der Waals surface area contributed by atoms with E-state index in [4.69, 9.17) is 14.2 Å². The minimum atomic E-state index is -0.216. The van der Waals surface area contributed by atoms with Crippen LogP contribution in [-0.4, -0.2) is 26.2 Å². The van der Waals surface area contributed by atoms with Crippen LogP contribution in [0.15, 0.2) is 54.0 Å². The van der Waals surface area contributed by atoms with E-state index in [1.54, 1.807) is 24.5 Å². The van der Waals surface area contributed by atoms with Crippen LogP contribution in [0.4, 0.5) is 5.69 Å². The number of benzene rings is 2. The van der Waals surface area contributed by atoms with Gasteiger partial charge in [0.25, 0.3) is 5.91 Å². The van der Waals surface area contributed by atoms with Gasteiger partial charge in [0.15, 0.2) is 30.8 Å². The third kappa shape index (κ3) is 13.6. The van der Waals surface area contributed by atoms with Gasteiger partial charge in [0.05, 0.1) is 19.1 Å². The van der Waals surface area contributed by atoms with Gasteiger partial charge in [-0.25, -0.2) is 0 Å². The Morgan fingerprint density at radius 2 is 1.48 bits per heavy atom. The molecule has 0 saturated heterocycles. The van der Waals surface area contributed by atoms with Gasteiger partial charge in [-0.3, -0.25) is 4.79 Å². The van der Waals surface area contributed by atoms with Gasteiger partial charge in [-0.1, -0.05) is 101 Å². The van der Waals surface area contributed by atoms with Gasteiger partial charge in [0, 0.05) is 24.2 Å². The van der Waals surface area contributed by atoms with Gasteiger partial charge in [0.1, 0.15) is 5.75 Å². The zero-order valence-electron chi connectivity index (χ0n) is 25.7. The molecule has 6 nitrogen and oxygen atoms in total. The molecule has 1 N–H and O–H groups in total. The lowest BCUT2D eigenvalue weighted by Gasteiger charge is -2.13. The number of nitrogens with one attached hydrogen (secondary N) is 1. The van der Waals surface area contributed by atoms with Crippen LogP contribution in [-0.2, 0) is 11.3 Å². The predicted octanol–water partition coefficient (Wildman–Crippen LogP) is 5.50. The van der Waals surface area contributed by atoms with Crippen LogP contribution in [0, 0.1) is 6.92 Å². The Labute approximate surface area is 267 Å². The fourth-order valence-corrected chi connectivity index (χ4v) is 5.42. The predicted molar refractivity (Wildman–Crippen MR) is 168 cm³/mol. The number of nitrogens with zero attached hydrogens (tertiary/aromatic N) is 1. The molecule has 1 amide bonds. The van der Waals surface area contributed by atoms with Gasteiger partial charge in [0.2, 0.25) is 5.01 Å². The van der Waals surface area contributed by atoms with E-state index in [9.17, 15) is 4.79 Å². The first-order valence-corrected chi connectivity index (χ1v) is 16.2. The molecule has 0 spiro atoms. The van der Waals surface area contributed by atoms with Crippen molar-refractivity contribution in [1.82, 2.24) is 0 Å². The topological polar surface area (TPSA) is 60.7 Å². The van der Waals surface area contributed by atoms with Crippen LogP contribution >= 0.6 is 11.3 Å². The molecule has 0 saturated carbocycles. The van der Waals surface area contributed by atoms with E-state index in [0.29, 0.717) is 23.9 Å². The molecule has 0 bridgehead atoms. The van der Waals surface area contributed by atoms with Gasteiger partial charge in [-0.05, 0) is 30.7 Å². The number of methoxy groups -OCH3 is 1. The zero-order chi connectivity index (χ0) is 29.1. The normalized spacial score (nSPS) is 10.6. The number of halogens is 1. The van der Waals surface area contributed by atoms with E-state index in [0.717, 1.165) is 18.7 Å². The highest BCUT2D eigenvalue weighted by Crippen LogP contribution is 2.31. The number of ether oxygens (including phenoxy) is 3.